The van der Waals surface area contributed by atoms with E-state index in [1.807, 2.05) is 4.90 Å². The van der Waals surface area contributed by atoms with Gasteiger partial charge in [-0.1, -0.05) is 29.8 Å². The van der Waals surface area contributed by atoms with E-state index in [0.717, 1.165) is 0 Å². The average molecular weight is 660 g/mol. The Bertz CT molecular complexity index is 1650. The van der Waals surface area contributed by atoms with Gasteiger partial charge in [-0.3, -0.25) is 9.69 Å². The first-order chi connectivity index (χ1) is 21.8. The number of nitrogen functional groups attached to an aromatic ring is 1. The number of benzene rings is 2. The van der Waals surface area contributed by atoms with Gasteiger partial charge in [0.15, 0.2) is 0 Å². The molecule has 1 aromatic heterocycles. The summed E-state index contributed by atoms with van der Waals surface area (Å²) in [5.74, 6) is -1.15. The van der Waals surface area contributed by atoms with Crippen molar-refractivity contribution in [1.29, 1.82) is 0 Å². The van der Waals surface area contributed by atoms with Crippen molar-refractivity contribution in [1.82, 2.24) is 20.2 Å². The van der Waals surface area contributed by atoms with Gasteiger partial charge >= 0.3 is 18.2 Å². The van der Waals surface area contributed by atoms with Crippen LogP contribution in [0, 0.1) is 5.41 Å². The summed E-state index contributed by atoms with van der Waals surface area (Å²) < 4.78 is 49.9. The van der Waals surface area contributed by atoms with Gasteiger partial charge in [-0.2, -0.15) is 23.1 Å². The van der Waals surface area contributed by atoms with E-state index in [1.54, 1.807) is 41.1 Å². The zero-order valence-corrected chi connectivity index (χ0v) is 25.7. The van der Waals surface area contributed by atoms with Crippen LogP contribution < -0.4 is 25.6 Å². The SMILES string of the molecule is CN1CCN(c2cccc(-c3cc(Cl)ccc3[C@@H](Oc3cc(N4CCC5(CC4)CNC(C(=O)O)C5)nc(N)n3)C(F)(F)F)c2)C1=O. The number of halogens is 4. The molecule has 4 heterocycles. The number of rotatable bonds is 7. The summed E-state index contributed by atoms with van der Waals surface area (Å²) in [6.07, 6.45) is -5.42. The summed E-state index contributed by atoms with van der Waals surface area (Å²) >= 11 is 6.28. The molecule has 4 N–H and O–H groups in total. The van der Waals surface area contributed by atoms with Crippen molar-refractivity contribution in [2.24, 2.45) is 5.41 Å². The molecule has 3 aliphatic heterocycles. The summed E-state index contributed by atoms with van der Waals surface area (Å²) in [6.45, 7) is 2.59. The maximum absolute atomic E-state index is 14.8. The van der Waals surface area contributed by atoms with E-state index in [2.05, 4.69) is 15.3 Å². The third-order valence-corrected chi connectivity index (χ3v) is 9.27. The van der Waals surface area contributed by atoms with Crippen LogP contribution in [-0.2, 0) is 4.79 Å². The zero-order valence-electron chi connectivity index (χ0n) is 24.9. The Labute approximate surface area is 268 Å². The van der Waals surface area contributed by atoms with Crippen molar-refractivity contribution < 1.29 is 32.6 Å². The fourth-order valence-electron chi connectivity index (χ4n) is 6.50. The highest BCUT2D eigenvalue weighted by molar-refractivity contribution is 6.30. The predicted octanol–water partition coefficient (Wildman–Crippen LogP) is 4.97. The Morgan fingerprint density at radius 2 is 1.89 bits per heavy atom. The third-order valence-electron chi connectivity index (χ3n) is 9.03. The number of hydrogen-bond acceptors (Lipinski definition) is 8. The zero-order chi connectivity index (χ0) is 32.8. The largest absolute Gasteiger partial charge is 0.480 e. The lowest BCUT2D eigenvalue weighted by Crippen LogP contribution is -2.41. The number of anilines is 3. The summed E-state index contributed by atoms with van der Waals surface area (Å²) in [6, 6.07) is 11.3. The summed E-state index contributed by atoms with van der Waals surface area (Å²) in [7, 11) is 1.68. The molecule has 0 radical (unpaired) electrons. The number of urea groups is 1. The van der Waals surface area contributed by atoms with E-state index in [1.165, 1.54) is 24.3 Å². The lowest BCUT2D eigenvalue weighted by Gasteiger charge is -2.39. The average Bonchev–Trinajstić information content (AvgIpc) is 3.58. The smallest absolute Gasteiger partial charge is 0.429 e. The third kappa shape index (κ3) is 6.36. The number of likely N-dealkylation sites (N-methyl/N-ethyl adjacent to an activating group) is 1. The summed E-state index contributed by atoms with van der Waals surface area (Å²) in [5, 5.41) is 12.7. The van der Waals surface area contributed by atoms with Crippen LogP contribution >= 0.6 is 11.6 Å². The van der Waals surface area contributed by atoms with Crippen LogP contribution in [0.5, 0.6) is 5.88 Å². The number of carbonyl (C=O) groups is 2. The second-order valence-corrected chi connectivity index (χ2v) is 12.5. The van der Waals surface area contributed by atoms with Crippen LogP contribution in [-0.4, -0.2) is 84.0 Å². The van der Waals surface area contributed by atoms with Crippen LogP contribution in [0.3, 0.4) is 0 Å². The van der Waals surface area contributed by atoms with Gasteiger partial charge in [-0.05, 0) is 60.1 Å². The number of amides is 2. The Balaban J connectivity index is 1.28. The molecule has 11 nitrogen and oxygen atoms in total. The van der Waals surface area contributed by atoms with E-state index in [4.69, 9.17) is 22.1 Å². The molecule has 2 aromatic carbocycles. The maximum Gasteiger partial charge on any atom is 0.429 e. The van der Waals surface area contributed by atoms with Gasteiger partial charge in [0.25, 0.3) is 0 Å². The molecule has 0 aliphatic carbocycles. The summed E-state index contributed by atoms with van der Waals surface area (Å²) in [4.78, 5) is 37.3. The minimum Gasteiger partial charge on any atom is -0.480 e. The van der Waals surface area contributed by atoms with E-state index in [-0.39, 0.29) is 39.4 Å². The highest BCUT2D eigenvalue weighted by atomic mass is 35.5. The van der Waals surface area contributed by atoms with Gasteiger partial charge in [0.1, 0.15) is 11.9 Å². The number of aliphatic carboxylic acids is 1. The first kappa shape index (κ1) is 31.7. The van der Waals surface area contributed by atoms with E-state index >= 15 is 0 Å². The van der Waals surface area contributed by atoms with Crippen molar-refractivity contribution in [2.45, 2.75) is 37.6 Å². The first-order valence-corrected chi connectivity index (χ1v) is 15.2. The number of nitrogens with zero attached hydrogens (tertiary/aromatic N) is 5. The van der Waals surface area contributed by atoms with Crippen molar-refractivity contribution in [3.63, 3.8) is 0 Å². The van der Waals surface area contributed by atoms with Crippen molar-refractivity contribution >= 4 is 41.1 Å². The van der Waals surface area contributed by atoms with E-state index in [0.29, 0.717) is 69.1 Å². The highest BCUT2D eigenvalue weighted by Crippen LogP contribution is 2.44. The quantitative estimate of drug-likeness (QED) is 0.321. The first-order valence-electron chi connectivity index (χ1n) is 14.8. The lowest BCUT2D eigenvalue weighted by molar-refractivity contribution is -0.198. The maximum atomic E-state index is 14.8. The molecular formula is C31H33ClF3N7O4. The molecule has 3 saturated heterocycles. The van der Waals surface area contributed by atoms with Gasteiger partial charge in [0, 0.05) is 62.1 Å². The lowest BCUT2D eigenvalue weighted by atomic mass is 9.76. The molecular weight excluding hydrogens is 627 g/mol. The predicted molar refractivity (Wildman–Crippen MR) is 166 cm³/mol. The topological polar surface area (TPSA) is 137 Å². The van der Waals surface area contributed by atoms with Gasteiger partial charge in [-0.15, -0.1) is 0 Å². The van der Waals surface area contributed by atoms with Gasteiger partial charge in [0.2, 0.25) is 17.9 Å². The second kappa shape index (κ2) is 12.1. The molecule has 1 spiro atoms. The Morgan fingerprint density at radius 1 is 1.13 bits per heavy atom. The second-order valence-electron chi connectivity index (χ2n) is 12.1. The van der Waals surface area contributed by atoms with Crippen LogP contribution in [0.25, 0.3) is 11.1 Å². The highest BCUT2D eigenvalue weighted by Gasteiger charge is 2.46. The minimum absolute atomic E-state index is 0.168. The minimum atomic E-state index is -4.86. The molecule has 6 rings (SSSR count). The van der Waals surface area contributed by atoms with Crippen LogP contribution in [0.1, 0.15) is 30.9 Å². The number of aromatic nitrogens is 2. The molecule has 244 valence electrons. The Hall–Kier alpha value is -4.30. The number of carbonyl (C=O) groups excluding carboxylic acids is 1. The molecule has 3 aromatic rings. The van der Waals surface area contributed by atoms with E-state index < -0.39 is 24.3 Å². The van der Waals surface area contributed by atoms with Crippen molar-refractivity contribution in [3.8, 4) is 17.0 Å². The number of hydrogen-bond donors (Lipinski definition) is 3. The Morgan fingerprint density at radius 3 is 2.54 bits per heavy atom. The molecule has 0 saturated carbocycles. The number of nitrogens with two attached hydrogens (primary N) is 1. The fraction of sp³-hybridized carbons (Fsp3) is 0.419. The molecule has 3 aliphatic rings. The molecule has 0 bridgehead atoms. The normalized spacial score (nSPS) is 20.4. The standard InChI is InChI=1S/C31H33ClF3N7O4/c1-40-11-12-42(29(40)45)20-4-2-3-18(13-20)22-14-19(32)5-6-21(22)26(31(33,34)35)46-25-15-24(38-28(36)39-25)41-9-7-30(8-10-41)16-23(27(43)44)37-17-30/h2-6,13-15,23,26,37H,7-12,16-17H2,1H3,(H,43,44)(H2,36,38,39)/t23?,26-/m1/s1. The van der Waals surface area contributed by atoms with Gasteiger partial charge in [-0.25, -0.2) is 4.79 Å². The molecule has 2 atom stereocenters. The molecule has 3 fully saturated rings. The van der Waals surface area contributed by atoms with Gasteiger partial charge < -0.3 is 30.7 Å². The number of piperidine rings is 1. The van der Waals surface area contributed by atoms with Gasteiger partial charge in [0.05, 0.1) is 0 Å². The molecule has 46 heavy (non-hydrogen) atoms. The number of carboxylic acid groups (broad SMARTS) is 1. The summed E-state index contributed by atoms with van der Waals surface area (Å²) in [5.41, 5.74) is 6.75. The number of carboxylic acids is 1. The fourth-order valence-corrected chi connectivity index (χ4v) is 6.67. The Kier molecular flexibility index (Phi) is 8.36. The molecule has 15 heteroatoms. The monoisotopic (exact) mass is 659 g/mol. The van der Waals surface area contributed by atoms with E-state index in [9.17, 15) is 27.9 Å². The van der Waals surface area contributed by atoms with Crippen LogP contribution in [0.15, 0.2) is 48.5 Å². The number of nitrogens with one attached hydrogen (secondary N) is 1. The molecule has 1 unspecified atom stereocenters. The van der Waals surface area contributed by atoms with Crippen molar-refractivity contribution in [2.75, 3.05) is 55.3 Å². The molecule has 2 amide bonds. The number of alkyl halides is 3. The van der Waals surface area contributed by atoms with Crippen molar-refractivity contribution in [3.05, 3.63) is 59.1 Å². The van der Waals surface area contributed by atoms with Crippen LogP contribution in [0.4, 0.5) is 35.4 Å². The van der Waals surface area contributed by atoms with Crippen LogP contribution in [0.2, 0.25) is 5.02 Å². The number of ether oxygens (including phenoxy) is 1.